The molecule has 0 bridgehead atoms. The summed E-state index contributed by atoms with van der Waals surface area (Å²) in [5.41, 5.74) is 3.39. The number of hydrogen-bond donors (Lipinski definition) is 0. The van der Waals surface area contributed by atoms with Crippen LogP contribution in [0.25, 0.3) is 0 Å². The lowest BCUT2D eigenvalue weighted by atomic mass is 10.2. The first-order valence-electron chi connectivity index (χ1n) is 5.58. The van der Waals surface area contributed by atoms with Gasteiger partial charge in [-0.15, -0.1) is 11.3 Å². The first kappa shape index (κ1) is 12.0. The van der Waals surface area contributed by atoms with Gasteiger partial charge in [-0.05, 0) is 20.3 Å². The Bertz CT molecular complexity index is 542. The number of carbonyl (C=O) groups excluding carboxylic acids is 1. The van der Waals surface area contributed by atoms with E-state index in [2.05, 4.69) is 22.4 Å². The van der Waals surface area contributed by atoms with Crippen LogP contribution in [0, 0.1) is 13.8 Å². The van der Waals surface area contributed by atoms with E-state index in [0.29, 0.717) is 12.1 Å². The summed E-state index contributed by atoms with van der Waals surface area (Å²) in [6.45, 7) is 6.50. The van der Waals surface area contributed by atoms with Crippen LogP contribution < -0.4 is 0 Å². The fourth-order valence-corrected chi connectivity index (χ4v) is 2.51. The van der Waals surface area contributed by atoms with Gasteiger partial charge in [0.05, 0.1) is 28.5 Å². The summed E-state index contributed by atoms with van der Waals surface area (Å²) in [6, 6.07) is 0. The second kappa shape index (κ2) is 4.79. The third kappa shape index (κ3) is 2.29. The number of aryl methyl sites for hydroxylation is 2. The molecule has 0 atom stereocenters. The highest BCUT2D eigenvalue weighted by Gasteiger charge is 2.11. The molecule has 4 nitrogen and oxygen atoms in total. The predicted molar refractivity (Wildman–Crippen MR) is 67.7 cm³/mol. The Morgan fingerprint density at radius 2 is 2.24 bits per heavy atom. The molecular formula is C12H15N3OS. The molecule has 0 saturated heterocycles. The lowest BCUT2D eigenvalue weighted by Crippen LogP contribution is -2.04. The molecule has 5 heteroatoms. The van der Waals surface area contributed by atoms with Crippen LogP contribution in [0.2, 0.25) is 0 Å². The Hall–Kier alpha value is -1.49. The van der Waals surface area contributed by atoms with Crippen molar-refractivity contribution in [1.82, 2.24) is 14.8 Å². The molecule has 0 amide bonds. The highest BCUT2D eigenvalue weighted by atomic mass is 32.1. The molecule has 0 aliphatic carbocycles. The SMILES string of the molecule is CCc1nc(Cn2nc(C)c(C=O)c2C)cs1. The standard InChI is InChI=1S/C12H15N3OS/c1-4-12-13-10(7-17-12)5-15-9(3)11(6-16)8(2)14-15/h6-7H,4-5H2,1-3H3. The van der Waals surface area contributed by atoms with Gasteiger partial charge in [0, 0.05) is 11.1 Å². The van der Waals surface area contributed by atoms with Gasteiger partial charge in [0.25, 0.3) is 0 Å². The number of nitrogens with zero attached hydrogens (tertiary/aromatic N) is 3. The van der Waals surface area contributed by atoms with Gasteiger partial charge in [0.2, 0.25) is 0 Å². The van der Waals surface area contributed by atoms with E-state index in [9.17, 15) is 4.79 Å². The number of rotatable bonds is 4. The number of thiazole rings is 1. The minimum absolute atomic E-state index is 0.636. The number of aromatic nitrogens is 3. The molecule has 0 spiro atoms. The van der Waals surface area contributed by atoms with Crippen molar-refractivity contribution in [3.8, 4) is 0 Å². The van der Waals surface area contributed by atoms with Crippen molar-refractivity contribution in [3.63, 3.8) is 0 Å². The van der Waals surface area contributed by atoms with Crippen LogP contribution in [-0.2, 0) is 13.0 Å². The van der Waals surface area contributed by atoms with Crippen molar-refractivity contribution >= 4 is 17.6 Å². The smallest absolute Gasteiger partial charge is 0.153 e. The monoisotopic (exact) mass is 249 g/mol. The van der Waals surface area contributed by atoms with Crippen LogP contribution in [-0.4, -0.2) is 21.1 Å². The lowest BCUT2D eigenvalue weighted by Gasteiger charge is -2.01. The maximum Gasteiger partial charge on any atom is 0.153 e. The maximum atomic E-state index is 10.9. The van der Waals surface area contributed by atoms with E-state index < -0.39 is 0 Å². The lowest BCUT2D eigenvalue weighted by molar-refractivity contribution is 0.112. The van der Waals surface area contributed by atoms with Crippen molar-refractivity contribution in [3.05, 3.63) is 33.0 Å². The van der Waals surface area contributed by atoms with Gasteiger partial charge in [0.15, 0.2) is 6.29 Å². The largest absolute Gasteiger partial charge is 0.298 e. The number of carbonyl (C=O) groups is 1. The topological polar surface area (TPSA) is 47.8 Å². The zero-order valence-corrected chi connectivity index (χ0v) is 11.0. The van der Waals surface area contributed by atoms with E-state index >= 15 is 0 Å². The summed E-state index contributed by atoms with van der Waals surface area (Å²) >= 11 is 1.67. The summed E-state index contributed by atoms with van der Waals surface area (Å²) < 4.78 is 1.84. The Balaban J connectivity index is 2.27. The molecule has 17 heavy (non-hydrogen) atoms. The Morgan fingerprint density at radius 1 is 1.47 bits per heavy atom. The van der Waals surface area contributed by atoms with Gasteiger partial charge in [-0.2, -0.15) is 5.10 Å². The first-order valence-corrected chi connectivity index (χ1v) is 6.46. The molecule has 2 heterocycles. The van der Waals surface area contributed by atoms with Crippen LogP contribution >= 0.6 is 11.3 Å². The van der Waals surface area contributed by atoms with E-state index in [1.54, 1.807) is 11.3 Å². The van der Waals surface area contributed by atoms with Gasteiger partial charge in [-0.25, -0.2) is 4.98 Å². The molecule has 0 aliphatic heterocycles. The predicted octanol–water partition coefficient (Wildman–Crippen LogP) is 2.38. The molecular weight excluding hydrogens is 234 g/mol. The van der Waals surface area contributed by atoms with Gasteiger partial charge in [-0.1, -0.05) is 6.92 Å². The van der Waals surface area contributed by atoms with Crippen molar-refractivity contribution in [2.45, 2.75) is 33.7 Å². The zero-order valence-electron chi connectivity index (χ0n) is 10.2. The third-order valence-electron chi connectivity index (χ3n) is 2.77. The van der Waals surface area contributed by atoms with Crippen LogP contribution in [0.15, 0.2) is 5.38 Å². The average Bonchev–Trinajstić information content (AvgIpc) is 2.86. The molecule has 90 valence electrons. The second-order valence-corrected chi connectivity index (χ2v) is 4.89. The second-order valence-electron chi connectivity index (χ2n) is 3.95. The van der Waals surface area contributed by atoms with Gasteiger partial charge in [-0.3, -0.25) is 9.48 Å². The maximum absolute atomic E-state index is 10.9. The van der Waals surface area contributed by atoms with E-state index in [4.69, 9.17) is 0 Å². The van der Waals surface area contributed by atoms with Crippen LogP contribution in [0.1, 0.15) is 39.4 Å². The Morgan fingerprint density at radius 3 is 2.76 bits per heavy atom. The Labute approximate surface area is 104 Å². The van der Waals surface area contributed by atoms with Crippen molar-refractivity contribution < 1.29 is 4.79 Å². The fraction of sp³-hybridized carbons (Fsp3) is 0.417. The molecule has 2 rings (SSSR count). The van der Waals surface area contributed by atoms with Crippen LogP contribution in [0.5, 0.6) is 0 Å². The minimum Gasteiger partial charge on any atom is -0.298 e. The third-order valence-corrected chi connectivity index (χ3v) is 3.81. The van der Waals surface area contributed by atoms with E-state index in [0.717, 1.165) is 34.8 Å². The molecule has 0 N–H and O–H groups in total. The number of aldehydes is 1. The van der Waals surface area contributed by atoms with E-state index in [1.165, 1.54) is 0 Å². The zero-order chi connectivity index (χ0) is 12.4. The molecule has 0 fully saturated rings. The molecule has 0 unspecified atom stereocenters. The highest BCUT2D eigenvalue weighted by molar-refractivity contribution is 7.09. The Kier molecular flexibility index (Phi) is 3.38. The summed E-state index contributed by atoms with van der Waals surface area (Å²) in [7, 11) is 0. The van der Waals surface area contributed by atoms with Crippen LogP contribution in [0.3, 0.4) is 0 Å². The molecule has 0 aromatic carbocycles. The van der Waals surface area contributed by atoms with Gasteiger partial charge < -0.3 is 0 Å². The first-order chi connectivity index (χ1) is 8.15. The molecule has 2 aromatic rings. The molecule has 0 saturated carbocycles. The summed E-state index contributed by atoms with van der Waals surface area (Å²) in [6.07, 6.45) is 1.83. The number of hydrogen-bond acceptors (Lipinski definition) is 4. The summed E-state index contributed by atoms with van der Waals surface area (Å²) in [5, 5.41) is 7.55. The quantitative estimate of drug-likeness (QED) is 0.782. The van der Waals surface area contributed by atoms with E-state index in [1.807, 2.05) is 18.5 Å². The minimum atomic E-state index is 0.636. The van der Waals surface area contributed by atoms with Crippen molar-refractivity contribution in [2.75, 3.05) is 0 Å². The average molecular weight is 249 g/mol. The fourth-order valence-electron chi connectivity index (χ4n) is 1.77. The van der Waals surface area contributed by atoms with E-state index in [-0.39, 0.29) is 0 Å². The van der Waals surface area contributed by atoms with Crippen molar-refractivity contribution in [1.29, 1.82) is 0 Å². The van der Waals surface area contributed by atoms with Crippen LogP contribution in [0.4, 0.5) is 0 Å². The molecule has 0 aliphatic rings. The normalized spacial score (nSPS) is 10.8. The van der Waals surface area contributed by atoms with Crippen molar-refractivity contribution in [2.24, 2.45) is 0 Å². The molecule has 0 radical (unpaired) electrons. The molecule has 2 aromatic heterocycles. The highest BCUT2D eigenvalue weighted by Crippen LogP contribution is 2.15. The summed E-state index contributed by atoms with van der Waals surface area (Å²) in [4.78, 5) is 15.4. The van der Waals surface area contributed by atoms with Gasteiger partial charge in [0.1, 0.15) is 0 Å². The van der Waals surface area contributed by atoms with Gasteiger partial charge >= 0.3 is 0 Å². The summed E-state index contributed by atoms with van der Waals surface area (Å²) in [5.74, 6) is 0.